The first-order valence-electron chi connectivity index (χ1n) is 4.11. The van der Waals surface area contributed by atoms with Gasteiger partial charge < -0.3 is 0 Å². The highest BCUT2D eigenvalue weighted by molar-refractivity contribution is 7.12. The number of alkyl halides is 1. The van der Waals surface area contributed by atoms with E-state index in [0.29, 0.717) is 0 Å². The standard InChI is InChI=1S/C10H15ClS/c1-7-5-6-8(12-7)9(11)10(2,3)4/h5-6,9H,1-4H3. The first kappa shape index (κ1) is 10.1. The first-order valence-corrected chi connectivity index (χ1v) is 5.37. The summed E-state index contributed by atoms with van der Waals surface area (Å²) in [6, 6.07) is 4.25. The fourth-order valence-corrected chi connectivity index (χ4v) is 2.32. The molecular weight excluding hydrogens is 188 g/mol. The minimum Gasteiger partial charge on any atom is -0.144 e. The van der Waals surface area contributed by atoms with Crippen molar-refractivity contribution in [3.63, 3.8) is 0 Å². The van der Waals surface area contributed by atoms with Crippen molar-refractivity contribution in [2.24, 2.45) is 5.41 Å². The SMILES string of the molecule is Cc1ccc(C(Cl)C(C)(C)C)s1. The van der Waals surface area contributed by atoms with Crippen molar-refractivity contribution < 1.29 is 0 Å². The third kappa shape index (κ3) is 2.24. The molecule has 68 valence electrons. The average molecular weight is 203 g/mol. The molecule has 0 bridgehead atoms. The van der Waals surface area contributed by atoms with E-state index < -0.39 is 0 Å². The fourth-order valence-electron chi connectivity index (χ4n) is 1.02. The molecule has 0 aliphatic carbocycles. The van der Waals surface area contributed by atoms with Gasteiger partial charge in [-0.15, -0.1) is 22.9 Å². The van der Waals surface area contributed by atoms with Crippen LogP contribution in [-0.2, 0) is 0 Å². The zero-order valence-corrected chi connectivity index (χ0v) is 9.59. The van der Waals surface area contributed by atoms with E-state index in [-0.39, 0.29) is 10.8 Å². The second-order valence-corrected chi connectivity index (χ2v) is 5.93. The Morgan fingerprint density at radius 3 is 2.25 bits per heavy atom. The molecule has 1 aromatic heterocycles. The molecular formula is C10H15ClS. The highest BCUT2D eigenvalue weighted by Gasteiger charge is 2.24. The maximum atomic E-state index is 6.31. The van der Waals surface area contributed by atoms with Crippen molar-refractivity contribution in [3.05, 3.63) is 21.9 Å². The molecule has 0 aromatic carbocycles. The maximum Gasteiger partial charge on any atom is 0.0726 e. The number of aryl methyl sites for hydroxylation is 1. The summed E-state index contributed by atoms with van der Waals surface area (Å²) in [6.45, 7) is 8.61. The van der Waals surface area contributed by atoms with E-state index in [1.807, 2.05) is 0 Å². The smallest absolute Gasteiger partial charge is 0.0726 e. The Kier molecular flexibility index (Phi) is 2.84. The molecule has 0 amide bonds. The Hall–Kier alpha value is -0.0100. The second kappa shape index (κ2) is 3.39. The van der Waals surface area contributed by atoms with Crippen LogP contribution < -0.4 is 0 Å². The third-order valence-electron chi connectivity index (χ3n) is 1.77. The minimum absolute atomic E-state index is 0.135. The van der Waals surface area contributed by atoms with E-state index in [9.17, 15) is 0 Å². The van der Waals surface area contributed by atoms with Crippen LogP contribution >= 0.6 is 22.9 Å². The number of hydrogen-bond donors (Lipinski definition) is 0. The van der Waals surface area contributed by atoms with Crippen LogP contribution in [0.15, 0.2) is 12.1 Å². The van der Waals surface area contributed by atoms with Gasteiger partial charge in [0.1, 0.15) is 0 Å². The molecule has 2 heteroatoms. The molecule has 0 radical (unpaired) electrons. The molecule has 1 atom stereocenters. The number of rotatable bonds is 1. The van der Waals surface area contributed by atoms with Crippen LogP contribution in [0.25, 0.3) is 0 Å². The number of halogens is 1. The van der Waals surface area contributed by atoms with Gasteiger partial charge in [-0.1, -0.05) is 20.8 Å². The van der Waals surface area contributed by atoms with Crippen molar-refractivity contribution >= 4 is 22.9 Å². The van der Waals surface area contributed by atoms with Crippen LogP contribution in [0.3, 0.4) is 0 Å². The molecule has 0 saturated heterocycles. The predicted octanol–water partition coefficient (Wildman–Crippen LogP) is 4.38. The van der Waals surface area contributed by atoms with Crippen LogP contribution in [0.4, 0.5) is 0 Å². The van der Waals surface area contributed by atoms with Crippen molar-refractivity contribution in [2.75, 3.05) is 0 Å². The largest absolute Gasteiger partial charge is 0.144 e. The zero-order chi connectivity index (χ0) is 9.35. The summed E-state index contributed by atoms with van der Waals surface area (Å²) in [5.41, 5.74) is 0.152. The van der Waals surface area contributed by atoms with E-state index in [1.165, 1.54) is 9.75 Å². The molecule has 0 fully saturated rings. The lowest BCUT2D eigenvalue weighted by molar-refractivity contribution is 0.399. The highest BCUT2D eigenvalue weighted by Crippen LogP contribution is 2.41. The Morgan fingerprint density at radius 2 is 1.92 bits per heavy atom. The van der Waals surface area contributed by atoms with E-state index in [2.05, 4.69) is 39.8 Å². The van der Waals surface area contributed by atoms with Crippen molar-refractivity contribution in [1.29, 1.82) is 0 Å². The summed E-state index contributed by atoms with van der Waals surface area (Å²) < 4.78 is 0. The number of hydrogen-bond acceptors (Lipinski definition) is 1. The lowest BCUT2D eigenvalue weighted by Gasteiger charge is -2.23. The summed E-state index contributed by atoms with van der Waals surface area (Å²) in [6.07, 6.45) is 0. The molecule has 0 aliphatic rings. The van der Waals surface area contributed by atoms with Gasteiger partial charge in [-0.2, -0.15) is 0 Å². The van der Waals surface area contributed by atoms with Crippen LogP contribution in [-0.4, -0.2) is 0 Å². The molecule has 1 unspecified atom stereocenters. The van der Waals surface area contributed by atoms with Gasteiger partial charge in [0.2, 0.25) is 0 Å². The summed E-state index contributed by atoms with van der Waals surface area (Å²) in [7, 11) is 0. The monoisotopic (exact) mass is 202 g/mol. The van der Waals surface area contributed by atoms with E-state index >= 15 is 0 Å². The third-order valence-corrected chi connectivity index (χ3v) is 3.86. The van der Waals surface area contributed by atoms with E-state index in [0.717, 1.165) is 0 Å². The highest BCUT2D eigenvalue weighted by atomic mass is 35.5. The average Bonchev–Trinajstić information content (AvgIpc) is 2.32. The molecule has 1 aromatic rings. The molecule has 0 N–H and O–H groups in total. The fraction of sp³-hybridized carbons (Fsp3) is 0.600. The van der Waals surface area contributed by atoms with Crippen LogP contribution in [0.1, 0.15) is 35.9 Å². The first-order chi connectivity index (χ1) is 5.41. The molecule has 0 nitrogen and oxygen atoms in total. The van der Waals surface area contributed by atoms with Crippen molar-refractivity contribution in [3.8, 4) is 0 Å². The van der Waals surface area contributed by atoms with Crippen molar-refractivity contribution in [2.45, 2.75) is 33.1 Å². The maximum absolute atomic E-state index is 6.31. The predicted molar refractivity (Wildman–Crippen MR) is 57.1 cm³/mol. The molecule has 1 rings (SSSR count). The Bertz CT molecular complexity index is 257. The molecule has 1 heterocycles. The van der Waals surface area contributed by atoms with Gasteiger partial charge in [0, 0.05) is 9.75 Å². The minimum atomic E-state index is 0.135. The Labute approximate surface area is 83.6 Å². The lowest BCUT2D eigenvalue weighted by Crippen LogP contribution is -2.11. The summed E-state index contributed by atoms with van der Waals surface area (Å²) in [4.78, 5) is 2.61. The zero-order valence-electron chi connectivity index (χ0n) is 8.02. The van der Waals surface area contributed by atoms with Gasteiger partial charge in [0.05, 0.1) is 5.38 Å². The number of thiophene rings is 1. The molecule has 0 aliphatic heterocycles. The van der Waals surface area contributed by atoms with Crippen LogP contribution in [0, 0.1) is 12.3 Å². The van der Waals surface area contributed by atoms with E-state index in [4.69, 9.17) is 11.6 Å². The summed E-state index contributed by atoms with van der Waals surface area (Å²) in [5.74, 6) is 0. The van der Waals surface area contributed by atoms with Gasteiger partial charge in [-0.25, -0.2) is 0 Å². The van der Waals surface area contributed by atoms with Gasteiger partial charge in [-0.3, -0.25) is 0 Å². The summed E-state index contributed by atoms with van der Waals surface area (Å²) in [5, 5.41) is 0.135. The van der Waals surface area contributed by atoms with Gasteiger partial charge in [-0.05, 0) is 24.5 Å². The molecule has 0 saturated carbocycles. The van der Waals surface area contributed by atoms with Gasteiger partial charge >= 0.3 is 0 Å². The molecule has 12 heavy (non-hydrogen) atoms. The van der Waals surface area contributed by atoms with Gasteiger partial charge in [0.15, 0.2) is 0 Å². The lowest BCUT2D eigenvalue weighted by atomic mass is 9.91. The summed E-state index contributed by atoms with van der Waals surface area (Å²) >= 11 is 8.10. The van der Waals surface area contributed by atoms with Crippen molar-refractivity contribution in [1.82, 2.24) is 0 Å². The normalized spacial score (nSPS) is 14.8. The quantitative estimate of drug-likeness (QED) is 0.593. The van der Waals surface area contributed by atoms with Crippen LogP contribution in [0.2, 0.25) is 0 Å². The molecule has 0 spiro atoms. The van der Waals surface area contributed by atoms with Crippen LogP contribution in [0.5, 0.6) is 0 Å². The second-order valence-electron chi connectivity index (χ2n) is 4.18. The Morgan fingerprint density at radius 1 is 1.33 bits per heavy atom. The van der Waals surface area contributed by atoms with Gasteiger partial charge in [0.25, 0.3) is 0 Å². The topological polar surface area (TPSA) is 0 Å². The Balaban J connectivity index is 2.85. The van der Waals surface area contributed by atoms with E-state index in [1.54, 1.807) is 11.3 Å².